The summed E-state index contributed by atoms with van der Waals surface area (Å²) in [5.41, 5.74) is 0. The molecule has 0 aliphatic carbocycles. The maximum absolute atomic E-state index is 8.35. The summed E-state index contributed by atoms with van der Waals surface area (Å²) >= 11 is 5.19. The van der Waals surface area contributed by atoms with Crippen LogP contribution in [0.5, 0.6) is 0 Å². The van der Waals surface area contributed by atoms with Crippen molar-refractivity contribution >= 4 is 17.7 Å². The van der Waals surface area contributed by atoms with Crippen LogP contribution in [0, 0.1) is 5.41 Å². The van der Waals surface area contributed by atoms with Crippen molar-refractivity contribution in [2.45, 2.75) is 13.3 Å². The van der Waals surface area contributed by atoms with Gasteiger partial charge in [0.15, 0.2) is 0 Å². The molecule has 1 N–H and O–H groups in total. The fraction of sp³-hybridized carbons (Fsp3) is 0.750. The summed E-state index contributed by atoms with van der Waals surface area (Å²) in [6.07, 6.45) is 1.83. The predicted octanol–water partition coefficient (Wildman–Crippen LogP) is 1.54. The Morgan fingerprint density at radius 1 is 1.86 bits per heavy atom. The van der Waals surface area contributed by atoms with Gasteiger partial charge in [0, 0.05) is 5.88 Å². The van der Waals surface area contributed by atoms with Crippen LogP contribution in [0.25, 0.3) is 0 Å². The first-order valence-electron chi connectivity index (χ1n) is 1.93. The highest BCUT2D eigenvalue weighted by atomic mass is 35.5. The molecule has 0 atom stereocenters. The Morgan fingerprint density at radius 2 is 2.00 bits per heavy atom. The van der Waals surface area contributed by atoms with E-state index >= 15 is 0 Å². The molecule has 0 rings (SSSR count). The maximum Gasteiger partial charge on any atom is 0.231 e. The van der Waals surface area contributed by atoms with Crippen LogP contribution in [-0.4, -0.2) is 12.0 Å². The van der Waals surface area contributed by atoms with E-state index in [4.69, 9.17) is 21.8 Å². The van der Waals surface area contributed by atoms with Gasteiger partial charge >= 0.3 is 0 Å². The largest absolute Gasteiger partial charge is 0.231 e. The van der Waals surface area contributed by atoms with Crippen molar-refractivity contribution < 1.29 is 4.79 Å². The molecule has 0 aliphatic rings. The lowest BCUT2D eigenvalue weighted by Gasteiger charge is -1.65. The van der Waals surface area contributed by atoms with Crippen molar-refractivity contribution in [1.29, 1.82) is 5.41 Å². The highest BCUT2D eigenvalue weighted by Gasteiger charge is 1.59. The molecular weight excluding hydrogens is 114 g/mol. The fourth-order valence-corrected chi connectivity index (χ4v) is 0. The van der Waals surface area contributed by atoms with Crippen LogP contribution in [0.3, 0.4) is 0 Å². The molecule has 0 amide bonds. The average Bonchev–Trinajstić information content (AvgIpc) is 1.69. The Labute approximate surface area is 48.0 Å². The fourth-order valence-electron chi connectivity index (χ4n) is 0. The van der Waals surface area contributed by atoms with Crippen LogP contribution in [0.2, 0.25) is 0 Å². The molecule has 0 aromatic heterocycles. The first-order valence-corrected chi connectivity index (χ1v) is 2.46. The minimum Gasteiger partial charge on any atom is -0.222 e. The van der Waals surface area contributed by atoms with E-state index < -0.39 is 0 Å². The number of nitrogens with one attached hydrogen (secondary N) is 1. The van der Waals surface area contributed by atoms with Gasteiger partial charge in [0.1, 0.15) is 0 Å². The molecule has 0 bridgehead atoms. The molecule has 0 unspecified atom stereocenters. The lowest BCUT2D eigenvalue weighted by molar-refractivity contribution is 0.563. The second-order valence-corrected chi connectivity index (χ2v) is 1.17. The standard InChI is InChI=1S/C3H7Cl.CHNO/c1-2-3-4;2-1-3/h2-3H2,1H3;2H. The van der Waals surface area contributed by atoms with E-state index in [2.05, 4.69) is 0 Å². The molecule has 0 aromatic rings. The first kappa shape index (κ1) is 9.83. The topological polar surface area (TPSA) is 40.9 Å². The Bertz CT molecular complexity index is 47.7. The number of alkyl halides is 1. The molecule has 3 heteroatoms. The Kier molecular flexibility index (Phi) is 24.4. The summed E-state index contributed by atoms with van der Waals surface area (Å²) in [7, 11) is 0. The van der Waals surface area contributed by atoms with E-state index in [0.29, 0.717) is 0 Å². The van der Waals surface area contributed by atoms with Crippen LogP contribution in [-0.2, 0) is 4.79 Å². The van der Waals surface area contributed by atoms with E-state index in [-0.39, 0.29) is 0 Å². The molecule has 0 radical (unpaired) electrons. The molecule has 0 spiro atoms. The van der Waals surface area contributed by atoms with Gasteiger partial charge in [-0.25, -0.2) is 10.2 Å². The summed E-state index contributed by atoms with van der Waals surface area (Å²) in [5, 5.41) is 5.40. The number of halogens is 1. The zero-order valence-electron chi connectivity index (χ0n) is 4.20. The van der Waals surface area contributed by atoms with Crippen LogP contribution in [0.15, 0.2) is 0 Å². The van der Waals surface area contributed by atoms with Crippen LogP contribution >= 0.6 is 11.6 Å². The maximum atomic E-state index is 8.35. The summed E-state index contributed by atoms with van der Waals surface area (Å²) in [5.74, 6) is 0.792. The number of rotatable bonds is 1. The molecule has 0 aromatic carbocycles. The number of hydrogen-bond acceptors (Lipinski definition) is 2. The van der Waals surface area contributed by atoms with Crippen LogP contribution < -0.4 is 0 Å². The first-order chi connectivity index (χ1) is 3.33. The minimum absolute atomic E-state index is 0.750. The van der Waals surface area contributed by atoms with Gasteiger partial charge < -0.3 is 0 Å². The summed E-state index contributed by atoms with van der Waals surface area (Å²) < 4.78 is 0. The molecule has 0 aliphatic heterocycles. The number of carbonyl (C=O) groups excluding carboxylic acids is 1. The SMILES string of the molecule is CCCCl.N=C=O. The average molecular weight is 122 g/mol. The van der Waals surface area contributed by atoms with Gasteiger partial charge in [-0.05, 0) is 6.42 Å². The number of hydrogen-bond donors (Lipinski definition) is 1. The molecular formula is C4H8ClNO. The third-order valence-corrected chi connectivity index (χ3v) is 0.567. The van der Waals surface area contributed by atoms with Crippen LogP contribution in [0.1, 0.15) is 13.3 Å². The zero-order chi connectivity index (χ0) is 6.12. The van der Waals surface area contributed by atoms with Crippen molar-refractivity contribution in [3.63, 3.8) is 0 Å². The van der Waals surface area contributed by atoms with Crippen molar-refractivity contribution in [3.8, 4) is 0 Å². The van der Waals surface area contributed by atoms with Crippen molar-refractivity contribution in [2.75, 3.05) is 5.88 Å². The third kappa shape index (κ3) is 170. The van der Waals surface area contributed by atoms with E-state index in [1.165, 1.54) is 0 Å². The molecule has 42 valence electrons. The molecule has 2 nitrogen and oxygen atoms in total. The summed E-state index contributed by atoms with van der Waals surface area (Å²) in [6.45, 7) is 2.05. The minimum atomic E-state index is 0.750. The summed E-state index contributed by atoms with van der Waals surface area (Å²) in [6, 6.07) is 0. The lowest BCUT2D eigenvalue weighted by Crippen LogP contribution is -1.55. The second-order valence-electron chi connectivity index (χ2n) is 0.791. The number of isocyanates is 1. The van der Waals surface area contributed by atoms with E-state index in [0.717, 1.165) is 18.4 Å². The normalized spacial score (nSPS) is 5.43. The highest BCUT2D eigenvalue weighted by molar-refractivity contribution is 6.17. The van der Waals surface area contributed by atoms with E-state index in [1.807, 2.05) is 6.92 Å². The molecule has 0 saturated carbocycles. The van der Waals surface area contributed by atoms with Crippen molar-refractivity contribution in [3.05, 3.63) is 0 Å². The van der Waals surface area contributed by atoms with Gasteiger partial charge in [0.2, 0.25) is 6.08 Å². The van der Waals surface area contributed by atoms with Gasteiger partial charge in [-0.2, -0.15) is 0 Å². The summed E-state index contributed by atoms with van der Waals surface area (Å²) in [4.78, 5) is 8.35. The lowest BCUT2D eigenvalue weighted by atomic mass is 10.6. The van der Waals surface area contributed by atoms with Gasteiger partial charge in [0.05, 0.1) is 0 Å². The Balaban J connectivity index is 0. The van der Waals surface area contributed by atoms with Gasteiger partial charge in [-0.15, -0.1) is 11.6 Å². The third-order valence-electron chi connectivity index (χ3n) is 0.189. The Morgan fingerprint density at radius 3 is 2.00 bits per heavy atom. The quantitative estimate of drug-likeness (QED) is 0.319. The highest BCUT2D eigenvalue weighted by Crippen LogP contribution is 1.75. The molecule has 7 heavy (non-hydrogen) atoms. The molecule has 0 heterocycles. The molecule has 0 saturated heterocycles. The predicted molar refractivity (Wildman–Crippen MR) is 29.4 cm³/mol. The smallest absolute Gasteiger partial charge is 0.222 e. The monoisotopic (exact) mass is 121 g/mol. The van der Waals surface area contributed by atoms with Crippen molar-refractivity contribution in [1.82, 2.24) is 0 Å². The van der Waals surface area contributed by atoms with Gasteiger partial charge in [-0.3, -0.25) is 0 Å². The van der Waals surface area contributed by atoms with E-state index in [1.54, 1.807) is 0 Å². The molecule has 0 fully saturated rings. The van der Waals surface area contributed by atoms with Crippen molar-refractivity contribution in [2.24, 2.45) is 0 Å². The van der Waals surface area contributed by atoms with Gasteiger partial charge in [0.25, 0.3) is 0 Å². The van der Waals surface area contributed by atoms with Crippen LogP contribution in [0.4, 0.5) is 0 Å². The zero-order valence-corrected chi connectivity index (χ0v) is 4.96. The second kappa shape index (κ2) is 17.3. The Hall–Kier alpha value is -0.330. The van der Waals surface area contributed by atoms with Gasteiger partial charge in [-0.1, -0.05) is 6.92 Å². The van der Waals surface area contributed by atoms with E-state index in [9.17, 15) is 0 Å².